The lowest BCUT2D eigenvalue weighted by molar-refractivity contribution is -0.127. The minimum Gasteiger partial charge on any atom is -0.349 e. The first-order valence-electron chi connectivity index (χ1n) is 11.0. The number of amides is 1. The summed E-state index contributed by atoms with van der Waals surface area (Å²) in [7, 11) is -3.19. The highest BCUT2D eigenvalue weighted by Crippen LogP contribution is 2.41. The van der Waals surface area contributed by atoms with Crippen LogP contribution in [0.5, 0.6) is 0 Å². The predicted octanol–water partition coefficient (Wildman–Crippen LogP) is 2.73. The van der Waals surface area contributed by atoms with Gasteiger partial charge in [-0.25, -0.2) is 12.7 Å². The fraction of sp³-hybridized carbons (Fsp3) is 0.565. The van der Waals surface area contributed by atoms with Crippen molar-refractivity contribution < 1.29 is 13.2 Å². The summed E-state index contributed by atoms with van der Waals surface area (Å²) in [6.07, 6.45) is 6.06. The molecule has 0 saturated carbocycles. The van der Waals surface area contributed by atoms with Crippen molar-refractivity contribution in [3.8, 4) is 0 Å². The van der Waals surface area contributed by atoms with Crippen molar-refractivity contribution in [3.63, 3.8) is 0 Å². The smallest absolute Gasteiger partial charge is 0.223 e. The van der Waals surface area contributed by atoms with Crippen molar-refractivity contribution in [1.82, 2.24) is 19.4 Å². The maximum absolute atomic E-state index is 13.0. The van der Waals surface area contributed by atoms with Crippen molar-refractivity contribution in [2.24, 2.45) is 11.3 Å². The predicted molar refractivity (Wildman–Crippen MR) is 120 cm³/mol. The molecule has 168 valence electrons. The van der Waals surface area contributed by atoms with Crippen LogP contribution in [0.3, 0.4) is 0 Å². The van der Waals surface area contributed by atoms with Crippen LogP contribution in [0.15, 0.2) is 36.5 Å². The monoisotopic (exact) mass is 444 g/mol. The molecule has 1 aromatic heterocycles. The number of nitrogens with one attached hydrogen (secondary N) is 1. The summed E-state index contributed by atoms with van der Waals surface area (Å²) in [6, 6.07) is 10.2. The summed E-state index contributed by atoms with van der Waals surface area (Å²) in [5.41, 5.74) is 3.56. The van der Waals surface area contributed by atoms with Crippen LogP contribution in [-0.2, 0) is 27.8 Å². The highest BCUT2D eigenvalue weighted by atomic mass is 32.2. The third kappa shape index (κ3) is 5.01. The number of benzene rings is 1. The van der Waals surface area contributed by atoms with Gasteiger partial charge in [0.1, 0.15) is 0 Å². The molecular weight excluding hydrogens is 412 g/mol. The highest BCUT2D eigenvalue weighted by molar-refractivity contribution is 7.88. The number of nitrogens with zero attached hydrogens (tertiary/aromatic N) is 3. The molecule has 1 unspecified atom stereocenters. The van der Waals surface area contributed by atoms with Gasteiger partial charge < -0.3 is 5.32 Å². The Bertz CT molecular complexity index is 1040. The normalized spacial score (nSPS) is 22.1. The first-order valence-corrected chi connectivity index (χ1v) is 12.8. The minimum atomic E-state index is -3.19. The molecule has 8 heteroatoms. The number of aromatic nitrogens is 2. The Kier molecular flexibility index (Phi) is 5.96. The Labute approximate surface area is 184 Å². The summed E-state index contributed by atoms with van der Waals surface area (Å²) in [4.78, 5) is 13.0. The van der Waals surface area contributed by atoms with Gasteiger partial charge in [-0.2, -0.15) is 5.10 Å². The zero-order valence-corrected chi connectivity index (χ0v) is 19.4. The molecule has 4 rings (SSSR count). The number of rotatable bonds is 5. The van der Waals surface area contributed by atoms with Crippen LogP contribution in [0.4, 0.5) is 0 Å². The molecule has 1 N–H and O–H groups in total. The lowest BCUT2D eigenvalue weighted by atomic mass is 9.74. The fourth-order valence-corrected chi connectivity index (χ4v) is 5.73. The van der Waals surface area contributed by atoms with Gasteiger partial charge >= 0.3 is 0 Å². The summed E-state index contributed by atoms with van der Waals surface area (Å²) in [5, 5.41) is 7.93. The summed E-state index contributed by atoms with van der Waals surface area (Å²) in [6.45, 7) is 6.01. The largest absolute Gasteiger partial charge is 0.349 e. The third-order valence-electron chi connectivity index (χ3n) is 6.54. The van der Waals surface area contributed by atoms with Crippen LogP contribution in [0.2, 0.25) is 0 Å². The standard InChI is InChI=1S/C23H32N4O3S/c1-23(2)13-20(25-22(28)18-9-11-26(12-10-18)31(3,29)30)19-15-24-27(21(19)14-23)16-17-7-5-4-6-8-17/h4-8,15,18,20H,9-14,16H2,1-3H3,(H,25,28). The van der Waals surface area contributed by atoms with E-state index in [9.17, 15) is 13.2 Å². The van der Waals surface area contributed by atoms with Gasteiger partial charge in [-0.1, -0.05) is 44.2 Å². The zero-order valence-electron chi connectivity index (χ0n) is 18.5. The Morgan fingerprint density at radius 1 is 1.19 bits per heavy atom. The van der Waals surface area contributed by atoms with Crippen molar-refractivity contribution in [1.29, 1.82) is 0 Å². The number of hydrogen-bond acceptors (Lipinski definition) is 4. The van der Waals surface area contributed by atoms with E-state index < -0.39 is 10.0 Å². The average molecular weight is 445 g/mol. The molecule has 1 atom stereocenters. The topological polar surface area (TPSA) is 84.3 Å². The molecule has 1 aliphatic heterocycles. The number of fused-ring (bicyclic) bond motifs is 1. The summed E-state index contributed by atoms with van der Waals surface area (Å²) >= 11 is 0. The molecule has 0 radical (unpaired) electrons. The quantitative estimate of drug-likeness (QED) is 0.769. The van der Waals surface area contributed by atoms with Crippen LogP contribution in [0, 0.1) is 11.3 Å². The van der Waals surface area contributed by atoms with Crippen LogP contribution in [-0.4, -0.2) is 47.8 Å². The van der Waals surface area contributed by atoms with E-state index in [1.54, 1.807) is 0 Å². The molecule has 7 nitrogen and oxygen atoms in total. The fourth-order valence-electron chi connectivity index (χ4n) is 4.86. The molecule has 1 aliphatic carbocycles. The van der Waals surface area contributed by atoms with Gasteiger partial charge in [0.15, 0.2) is 0 Å². The zero-order chi connectivity index (χ0) is 22.2. The Balaban J connectivity index is 1.48. The van der Waals surface area contributed by atoms with Crippen LogP contribution >= 0.6 is 0 Å². The first-order chi connectivity index (χ1) is 14.6. The van der Waals surface area contributed by atoms with Crippen molar-refractivity contribution in [2.75, 3.05) is 19.3 Å². The molecule has 2 aliphatic rings. The van der Waals surface area contributed by atoms with Gasteiger partial charge in [-0.05, 0) is 36.7 Å². The van der Waals surface area contributed by atoms with Crippen molar-refractivity contribution in [2.45, 2.75) is 52.1 Å². The van der Waals surface area contributed by atoms with Gasteiger partial charge in [-0.3, -0.25) is 9.48 Å². The van der Waals surface area contributed by atoms with Crippen LogP contribution in [0.25, 0.3) is 0 Å². The molecule has 1 fully saturated rings. The number of carbonyl (C=O) groups excluding carboxylic acids is 1. The average Bonchev–Trinajstić information content (AvgIpc) is 3.09. The Morgan fingerprint density at radius 2 is 1.87 bits per heavy atom. The molecule has 1 aromatic carbocycles. The highest BCUT2D eigenvalue weighted by Gasteiger charge is 2.37. The van der Waals surface area contributed by atoms with Crippen LogP contribution in [0.1, 0.15) is 56.0 Å². The number of sulfonamides is 1. The Hall–Kier alpha value is -2.19. The van der Waals surface area contributed by atoms with E-state index in [4.69, 9.17) is 0 Å². The molecule has 0 spiro atoms. The van der Waals surface area contributed by atoms with E-state index in [-0.39, 0.29) is 23.3 Å². The van der Waals surface area contributed by atoms with Crippen LogP contribution < -0.4 is 5.32 Å². The molecule has 0 bridgehead atoms. The second-order valence-corrected chi connectivity index (χ2v) is 11.7. The minimum absolute atomic E-state index is 0.0256. The summed E-state index contributed by atoms with van der Waals surface area (Å²) < 4.78 is 27.0. The molecule has 31 heavy (non-hydrogen) atoms. The third-order valence-corrected chi connectivity index (χ3v) is 7.85. The van der Waals surface area contributed by atoms with E-state index in [1.807, 2.05) is 24.4 Å². The van der Waals surface area contributed by atoms with E-state index in [0.717, 1.165) is 24.9 Å². The van der Waals surface area contributed by atoms with E-state index in [2.05, 4.69) is 41.1 Å². The van der Waals surface area contributed by atoms with Crippen molar-refractivity contribution >= 4 is 15.9 Å². The number of hydrogen-bond donors (Lipinski definition) is 1. The van der Waals surface area contributed by atoms with E-state index >= 15 is 0 Å². The van der Waals surface area contributed by atoms with Gasteiger partial charge in [0.05, 0.1) is 25.0 Å². The van der Waals surface area contributed by atoms with Gasteiger partial charge in [0.25, 0.3) is 0 Å². The second-order valence-electron chi connectivity index (χ2n) is 9.73. The maximum atomic E-state index is 13.0. The first kappa shape index (κ1) is 22.0. The lowest BCUT2D eigenvalue weighted by Gasteiger charge is -2.37. The lowest BCUT2D eigenvalue weighted by Crippen LogP contribution is -2.44. The molecule has 2 aromatic rings. The number of piperidine rings is 1. The maximum Gasteiger partial charge on any atom is 0.223 e. The van der Waals surface area contributed by atoms with Crippen molar-refractivity contribution in [3.05, 3.63) is 53.3 Å². The second kappa shape index (κ2) is 8.39. The molecule has 1 saturated heterocycles. The number of carbonyl (C=O) groups is 1. The van der Waals surface area contributed by atoms with Gasteiger partial charge in [0, 0.05) is 30.3 Å². The Morgan fingerprint density at radius 3 is 2.52 bits per heavy atom. The van der Waals surface area contributed by atoms with E-state index in [0.29, 0.717) is 25.9 Å². The van der Waals surface area contributed by atoms with Gasteiger partial charge in [0.2, 0.25) is 15.9 Å². The summed E-state index contributed by atoms with van der Waals surface area (Å²) in [5.74, 6) is -0.122. The van der Waals surface area contributed by atoms with Gasteiger partial charge in [-0.15, -0.1) is 0 Å². The SMILES string of the molecule is CC1(C)Cc2c(cnn2Cc2ccccc2)C(NC(=O)C2CCN(S(C)(=O)=O)CC2)C1. The molecule has 1 amide bonds. The molecule has 2 heterocycles. The van der Waals surface area contributed by atoms with E-state index in [1.165, 1.54) is 21.8 Å². The molecular formula is C23H32N4O3S.